The van der Waals surface area contributed by atoms with Crippen molar-refractivity contribution in [3.05, 3.63) is 12.2 Å². The van der Waals surface area contributed by atoms with Crippen LogP contribution in [0.3, 0.4) is 0 Å². The van der Waals surface area contributed by atoms with Crippen LogP contribution in [0, 0.1) is 39.9 Å². The number of hydrogen-bond acceptors (Lipinski definition) is 6. The highest BCUT2D eigenvalue weighted by Crippen LogP contribution is 2.86. The summed E-state index contributed by atoms with van der Waals surface area (Å²) in [5, 5.41) is 0. The lowest BCUT2D eigenvalue weighted by Crippen LogP contribution is -2.78. The van der Waals surface area contributed by atoms with E-state index in [1.165, 1.54) is 26.7 Å². The Morgan fingerprint density at radius 1 is 1.19 bits per heavy atom. The van der Waals surface area contributed by atoms with Gasteiger partial charge in [-0.25, -0.2) is 0 Å². The molecule has 4 saturated heterocycles. The summed E-state index contributed by atoms with van der Waals surface area (Å²) in [5.41, 5.74) is 1.12. The number of fused-ring (bicyclic) bond motifs is 2. The molecule has 5 aliphatic carbocycles. The van der Waals surface area contributed by atoms with E-state index in [4.69, 9.17) is 14.2 Å². The van der Waals surface area contributed by atoms with E-state index in [1.54, 1.807) is 0 Å². The Labute approximate surface area is 190 Å². The summed E-state index contributed by atoms with van der Waals surface area (Å²) in [7, 11) is 0. The van der Waals surface area contributed by atoms with Crippen LogP contribution in [0.4, 0.5) is 0 Å². The van der Waals surface area contributed by atoms with Gasteiger partial charge in [-0.3, -0.25) is 14.5 Å². The maximum Gasteiger partial charge on any atom is 0.303 e. The Morgan fingerprint density at radius 2 is 1.94 bits per heavy atom. The number of esters is 2. The second-order valence-electron chi connectivity index (χ2n) is 12.1. The van der Waals surface area contributed by atoms with Crippen LogP contribution in [0.25, 0.3) is 0 Å². The molecule has 9 fully saturated rings. The van der Waals surface area contributed by atoms with E-state index in [-0.39, 0.29) is 58.6 Å². The van der Waals surface area contributed by atoms with Crippen molar-refractivity contribution < 1.29 is 23.8 Å². The number of nitrogens with zero attached hydrogens (tertiary/aromatic N) is 1. The summed E-state index contributed by atoms with van der Waals surface area (Å²) in [6, 6.07) is 0.473. The van der Waals surface area contributed by atoms with Gasteiger partial charge < -0.3 is 14.2 Å². The molecule has 32 heavy (non-hydrogen) atoms. The smallest absolute Gasteiger partial charge is 0.303 e. The second kappa shape index (κ2) is 5.80. The van der Waals surface area contributed by atoms with Gasteiger partial charge in [-0.15, -0.1) is 0 Å². The molecule has 0 aromatic carbocycles. The normalized spacial score (nSPS) is 58.2. The molecule has 1 unspecified atom stereocenters. The maximum atomic E-state index is 12.3. The minimum absolute atomic E-state index is 0.0643. The first kappa shape index (κ1) is 20.0. The molecule has 5 saturated carbocycles. The zero-order valence-electron chi connectivity index (χ0n) is 19.6. The molecule has 174 valence electrons. The fourth-order valence-corrected chi connectivity index (χ4v) is 11.2. The predicted octanol–water partition coefficient (Wildman–Crippen LogP) is 3.30. The van der Waals surface area contributed by atoms with Crippen LogP contribution < -0.4 is 0 Å². The van der Waals surface area contributed by atoms with E-state index in [1.807, 2.05) is 0 Å². The number of piperidine rings is 1. The number of carbonyl (C=O) groups excluding carboxylic acids is 2. The van der Waals surface area contributed by atoms with E-state index in [0.29, 0.717) is 23.8 Å². The second-order valence-corrected chi connectivity index (χ2v) is 12.1. The molecule has 0 N–H and O–H groups in total. The summed E-state index contributed by atoms with van der Waals surface area (Å²) in [6.45, 7) is 13.2. The van der Waals surface area contributed by atoms with Crippen molar-refractivity contribution in [2.24, 2.45) is 39.9 Å². The first-order chi connectivity index (χ1) is 15.2. The van der Waals surface area contributed by atoms with Crippen LogP contribution in [0.2, 0.25) is 0 Å². The average molecular weight is 442 g/mol. The fraction of sp³-hybridized carbons (Fsp3) is 0.846. The standard InChI is InChI=1S/C26H35NO5/c1-6-27-21-16-9-18-24(5)8-7-20(32-23(24)27)26(18,21)19-10-17(30-13(3)28)15-11-25(16,19)22(12(15)2)31-14(4)29/h15-23H,2,6-11H2,1,3-5H3/t15-,16+,17+,18-,19-,20-,21?,22-,23-,24-,25+,26+/m1/s1. The molecule has 0 amide bonds. The highest BCUT2D eigenvalue weighted by molar-refractivity contribution is 5.67. The van der Waals surface area contributed by atoms with Crippen molar-refractivity contribution in [2.45, 2.75) is 90.4 Å². The Kier molecular flexibility index (Phi) is 3.63. The first-order valence-electron chi connectivity index (χ1n) is 12.7. The van der Waals surface area contributed by atoms with Gasteiger partial charge in [-0.05, 0) is 62.0 Å². The first-order valence-corrected chi connectivity index (χ1v) is 12.7. The highest BCUT2D eigenvalue weighted by atomic mass is 16.6. The van der Waals surface area contributed by atoms with Crippen molar-refractivity contribution in [3.8, 4) is 0 Å². The quantitative estimate of drug-likeness (QED) is 0.495. The number of carbonyl (C=O) groups is 2. The molecule has 6 nitrogen and oxygen atoms in total. The van der Waals surface area contributed by atoms with Crippen LogP contribution in [0.1, 0.15) is 59.8 Å². The third-order valence-corrected chi connectivity index (χ3v) is 11.5. The van der Waals surface area contributed by atoms with Gasteiger partial charge in [-0.2, -0.15) is 0 Å². The van der Waals surface area contributed by atoms with Crippen LogP contribution in [0.15, 0.2) is 12.2 Å². The van der Waals surface area contributed by atoms with Gasteiger partial charge in [0.05, 0.1) is 6.10 Å². The van der Waals surface area contributed by atoms with E-state index in [9.17, 15) is 9.59 Å². The summed E-state index contributed by atoms with van der Waals surface area (Å²) < 4.78 is 19.0. The zero-order valence-corrected chi connectivity index (χ0v) is 19.6. The van der Waals surface area contributed by atoms with Gasteiger partial charge in [0.1, 0.15) is 18.4 Å². The Balaban J connectivity index is 1.44. The molecule has 0 aromatic rings. The molecule has 9 aliphatic rings. The summed E-state index contributed by atoms with van der Waals surface area (Å²) in [4.78, 5) is 27.0. The fourth-order valence-electron chi connectivity index (χ4n) is 11.2. The molecule has 6 heteroatoms. The van der Waals surface area contributed by atoms with Crippen LogP contribution in [-0.2, 0) is 23.8 Å². The van der Waals surface area contributed by atoms with E-state index < -0.39 is 0 Å². The van der Waals surface area contributed by atoms with Gasteiger partial charge >= 0.3 is 11.9 Å². The highest BCUT2D eigenvalue weighted by Gasteiger charge is 2.89. The third-order valence-electron chi connectivity index (χ3n) is 11.5. The van der Waals surface area contributed by atoms with Crippen molar-refractivity contribution >= 4 is 11.9 Å². The van der Waals surface area contributed by atoms with Gasteiger partial charge in [0.25, 0.3) is 0 Å². The van der Waals surface area contributed by atoms with Crippen molar-refractivity contribution in [3.63, 3.8) is 0 Å². The molecule has 4 heterocycles. The van der Waals surface area contributed by atoms with E-state index >= 15 is 0 Å². The molecule has 9 bridgehead atoms. The SMILES string of the molecule is C=C1[C@H]2C[C@@]3([C@@H]1OC(C)=O)[C@@H](C[C@@H]2OC(C)=O)[C@@]12C4[C@@H]3C[C@@H]1[C@@]1(C)CC[C@H]2O[C@H]1N4CC. The molecule has 0 radical (unpaired) electrons. The van der Waals surface area contributed by atoms with Gasteiger partial charge in [0, 0.05) is 42.1 Å². The number of ether oxygens (including phenoxy) is 3. The van der Waals surface area contributed by atoms with Crippen LogP contribution in [-0.4, -0.2) is 54.0 Å². The monoisotopic (exact) mass is 441 g/mol. The van der Waals surface area contributed by atoms with Gasteiger partial charge in [-0.1, -0.05) is 20.4 Å². The predicted molar refractivity (Wildman–Crippen MR) is 115 cm³/mol. The van der Waals surface area contributed by atoms with E-state index in [0.717, 1.165) is 31.4 Å². The Morgan fingerprint density at radius 3 is 2.62 bits per heavy atom. The van der Waals surface area contributed by atoms with E-state index in [2.05, 4.69) is 25.3 Å². The maximum absolute atomic E-state index is 12.3. The molecule has 2 spiro atoms. The number of rotatable bonds is 3. The molecule has 0 aromatic heterocycles. The molecular formula is C26H35NO5. The summed E-state index contributed by atoms with van der Waals surface area (Å²) >= 11 is 0. The lowest BCUT2D eigenvalue weighted by atomic mass is 9.41. The topological polar surface area (TPSA) is 65.1 Å². The number of hydrogen-bond donors (Lipinski definition) is 0. The lowest BCUT2D eigenvalue weighted by Gasteiger charge is -2.73. The molecule has 9 rings (SSSR count). The average Bonchev–Trinajstić information content (AvgIpc) is 3.28. The van der Waals surface area contributed by atoms with Crippen LogP contribution >= 0.6 is 0 Å². The Hall–Kier alpha value is -1.40. The third kappa shape index (κ3) is 1.81. The van der Waals surface area contributed by atoms with Crippen molar-refractivity contribution in [1.29, 1.82) is 0 Å². The minimum Gasteiger partial charge on any atom is -0.462 e. The summed E-state index contributed by atoms with van der Waals surface area (Å²) in [5.74, 6) is 1.07. The Bertz CT molecular complexity index is 949. The van der Waals surface area contributed by atoms with Gasteiger partial charge in [0.2, 0.25) is 0 Å². The van der Waals surface area contributed by atoms with Crippen molar-refractivity contribution in [1.82, 2.24) is 4.90 Å². The van der Waals surface area contributed by atoms with Crippen molar-refractivity contribution in [2.75, 3.05) is 6.54 Å². The minimum atomic E-state index is -0.273. The largest absolute Gasteiger partial charge is 0.462 e. The molecule has 4 aliphatic heterocycles. The van der Waals surface area contributed by atoms with Gasteiger partial charge in [0.15, 0.2) is 0 Å². The van der Waals surface area contributed by atoms with Crippen LogP contribution in [0.5, 0.6) is 0 Å². The molecule has 12 atom stereocenters. The molecular weight excluding hydrogens is 406 g/mol. The lowest BCUT2D eigenvalue weighted by molar-refractivity contribution is -0.372. The summed E-state index contributed by atoms with van der Waals surface area (Å²) in [6.07, 6.45) is 5.37. The zero-order chi connectivity index (χ0) is 22.4.